The Morgan fingerprint density at radius 2 is 2.36 bits per heavy atom. The number of hydrogen-bond donors (Lipinski definition) is 1. The van der Waals surface area contributed by atoms with Crippen LogP contribution in [0.1, 0.15) is 0 Å². The first-order valence-electron chi connectivity index (χ1n) is 3.36. The van der Waals surface area contributed by atoms with Gasteiger partial charge in [0, 0.05) is 0 Å². The molecule has 0 spiro atoms. The van der Waals surface area contributed by atoms with Gasteiger partial charge in [-0.3, -0.25) is 0 Å². The fourth-order valence-corrected chi connectivity index (χ4v) is 2.67. The monoisotopic (exact) mass is 328 g/mol. The third kappa shape index (κ3) is 1.77. The van der Waals surface area contributed by atoms with Gasteiger partial charge >= 0.3 is 120 Å². The minimum atomic E-state index is 0.572. The molecule has 4 heteroatoms. The summed E-state index contributed by atoms with van der Waals surface area (Å²) < 4.78 is 2.68. The molecule has 1 N–H and O–H groups in total. The van der Waals surface area contributed by atoms with E-state index < -0.39 is 0 Å². The summed E-state index contributed by atoms with van der Waals surface area (Å²) in [7, 11) is 0. The van der Waals surface area contributed by atoms with Crippen LogP contribution in [0.5, 0.6) is 0 Å². The maximum atomic E-state index is 4.29. The zero-order valence-corrected chi connectivity index (χ0v) is 13.1. The molecule has 0 amide bonds. The molecule has 2 aromatic heterocycles. The third-order valence-corrected chi connectivity index (χ3v) is 3.85. The Morgan fingerprint density at radius 3 is 3.18 bits per heavy atom. The standard InChI is InChI=1S/C7H4IN2.Rb/c8-6-4-10-7-5(6)2-1-3-9-7;/h2-4H,(H,9,10);. The SMILES string of the molecule is [Rb][c]1cnc2[nH]cc(I)c2c1. The summed E-state index contributed by atoms with van der Waals surface area (Å²) in [5, 5.41) is 1.27. The van der Waals surface area contributed by atoms with Crippen molar-refractivity contribution < 1.29 is 0 Å². The van der Waals surface area contributed by atoms with Gasteiger partial charge in [-0.15, -0.1) is 0 Å². The van der Waals surface area contributed by atoms with E-state index in [0.717, 1.165) is 5.65 Å². The quantitative estimate of drug-likeness (QED) is 0.717. The van der Waals surface area contributed by atoms with Gasteiger partial charge in [0.2, 0.25) is 0 Å². The molecule has 11 heavy (non-hydrogen) atoms. The summed E-state index contributed by atoms with van der Waals surface area (Å²) in [4.78, 5) is 7.41. The van der Waals surface area contributed by atoms with E-state index in [1.54, 1.807) is 0 Å². The van der Waals surface area contributed by atoms with E-state index in [-0.39, 0.29) is 0 Å². The number of aromatic amines is 1. The second kappa shape index (κ2) is 3.53. The topological polar surface area (TPSA) is 28.7 Å². The summed E-state index contributed by atoms with van der Waals surface area (Å²) in [6.45, 7) is 0. The Balaban J connectivity index is 2.87. The number of rotatable bonds is 0. The number of nitrogens with zero attached hydrogens (tertiary/aromatic N) is 1. The second-order valence-electron chi connectivity index (χ2n) is 2.55. The van der Waals surface area contributed by atoms with Gasteiger partial charge in [0.15, 0.2) is 0 Å². The predicted octanol–water partition coefficient (Wildman–Crippen LogP) is 0.961. The Bertz CT molecular complexity index is 396. The molecule has 0 fully saturated rings. The van der Waals surface area contributed by atoms with Crippen molar-refractivity contribution in [1.29, 1.82) is 0 Å². The van der Waals surface area contributed by atoms with E-state index in [4.69, 9.17) is 0 Å². The molecule has 0 saturated carbocycles. The van der Waals surface area contributed by atoms with Crippen molar-refractivity contribution in [2.75, 3.05) is 0 Å². The molecule has 0 bridgehead atoms. The number of fused-ring (bicyclic) bond motifs is 1. The molecule has 0 aliphatic rings. The van der Waals surface area contributed by atoms with Crippen LogP contribution in [-0.2, 0) is 0 Å². The minimum absolute atomic E-state index is 0.572. The van der Waals surface area contributed by atoms with E-state index >= 15 is 0 Å². The number of hydrogen-bond acceptors (Lipinski definition) is 1. The molecular formula is C7H4IN2Rb. The molecule has 0 radical (unpaired) electrons. The zero-order valence-electron chi connectivity index (χ0n) is 6.06. The number of H-pyrrole nitrogens is 1. The van der Waals surface area contributed by atoms with Crippen LogP contribution in [-0.4, -0.2) is 65.5 Å². The van der Waals surface area contributed by atoms with E-state index in [1.807, 2.05) is 12.4 Å². The van der Waals surface area contributed by atoms with Gasteiger partial charge in [0.1, 0.15) is 0 Å². The predicted molar refractivity (Wildman–Crippen MR) is 54.2 cm³/mol. The van der Waals surface area contributed by atoms with Crippen molar-refractivity contribution in [1.82, 2.24) is 9.97 Å². The van der Waals surface area contributed by atoms with Crippen molar-refractivity contribution in [2.45, 2.75) is 0 Å². The van der Waals surface area contributed by atoms with Crippen LogP contribution >= 0.6 is 22.6 Å². The average molecular weight is 328 g/mol. The van der Waals surface area contributed by atoms with Gasteiger partial charge in [-0.1, -0.05) is 0 Å². The van der Waals surface area contributed by atoms with Crippen LogP contribution in [0, 0.1) is 3.57 Å². The molecule has 2 heterocycles. The molecule has 50 valence electrons. The van der Waals surface area contributed by atoms with Gasteiger partial charge in [-0.05, 0) is 0 Å². The van der Waals surface area contributed by atoms with Crippen LogP contribution in [0.15, 0.2) is 18.5 Å². The Labute approximate surface area is 117 Å². The fraction of sp³-hybridized carbons (Fsp3) is 0. The molecule has 2 nitrogen and oxygen atoms in total. The van der Waals surface area contributed by atoms with Crippen LogP contribution in [0.2, 0.25) is 0 Å². The Kier molecular flexibility index (Phi) is 2.83. The fourth-order valence-electron chi connectivity index (χ4n) is 1.08. The van der Waals surface area contributed by atoms with Crippen LogP contribution in [0.3, 0.4) is 0 Å². The van der Waals surface area contributed by atoms with Crippen molar-refractivity contribution in [3.8, 4) is 0 Å². The van der Waals surface area contributed by atoms with Crippen LogP contribution < -0.4 is -1.37 Å². The van der Waals surface area contributed by atoms with Gasteiger partial charge in [-0.25, -0.2) is 0 Å². The van der Waals surface area contributed by atoms with Crippen LogP contribution in [0.25, 0.3) is 11.0 Å². The van der Waals surface area contributed by atoms with Crippen molar-refractivity contribution in [3.63, 3.8) is 0 Å². The van der Waals surface area contributed by atoms with E-state index in [9.17, 15) is 0 Å². The molecule has 0 aliphatic carbocycles. The van der Waals surface area contributed by atoms with E-state index in [1.165, 1.54) is 7.59 Å². The first kappa shape index (κ1) is 8.81. The maximum absolute atomic E-state index is 4.29. The molecular weight excluding hydrogens is 324 g/mol. The molecule has 0 aliphatic heterocycles. The Hall–Kier alpha value is 1.23. The molecule has 2 rings (SSSR count). The van der Waals surface area contributed by atoms with Crippen LogP contribution in [0.4, 0.5) is 0 Å². The summed E-state index contributed by atoms with van der Waals surface area (Å²) in [6, 6.07) is 2.23. The van der Waals surface area contributed by atoms with Gasteiger partial charge in [-0.2, -0.15) is 0 Å². The number of aromatic nitrogens is 2. The van der Waals surface area contributed by atoms with E-state index in [2.05, 4.69) is 38.6 Å². The van der Waals surface area contributed by atoms with Gasteiger partial charge < -0.3 is 0 Å². The zero-order chi connectivity index (χ0) is 7.84. The molecule has 0 saturated heterocycles. The van der Waals surface area contributed by atoms with E-state index in [0.29, 0.717) is 55.5 Å². The van der Waals surface area contributed by atoms with Gasteiger partial charge in [0.25, 0.3) is 0 Å². The first-order chi connectivity index (χ1) is 5.27. The molecule has 0 atom stereocenters. The number of halogens is 1. The number of nitrogens with one attached hydrogen (secondary N) is 1. The molecule has 0 aromatic carbocycles. The first-order valence-corrected chi connectivity index (χ1v) is 6.90. The normalized spacial score (nSPS) is 10.8. The summed E-state index contributed by atoms with van der Waals surface area (Å²) in [5.74, 6) is 0. The Morgan fingerprint density at radius 1 is 1.55 bits per heavy atom. The molecule has 2 aromatic rings. The third-order valence-electron chi connectivity index (χ3n) is 1.62. The van der Waals surface area contributed by atoms with Crippen molar-refractivity contribution in [2.24, 2.45) is 0 Å². The van der Waals surface area contributed by atoms with Crippen molar-refractivity contribution >= 4 is 87.8 Å². The van der Waals surface area contributed by atoms with Gasteiger partial charge in [0.05, 0.1) is 0 Å². The average Bonchev–Trinajstić information content (AvgIpc) is 2.33. The van der Waals surface area contributed by atoms with Crippen molar-refractivity contribution in [3.05, 3.63) is 22.0 Å². The number of pyridine rings is 1. The molecule has 0 unspecified atom stereocenters. The second-order valence-corrected chi connectivity index (χ2v) is 6.55. The summed E-state index contributed by atoms with van der Waals surface area (Å²) in [6.07, 6.45) is 3.96. The summed E-state index contributed by atoms with van der Waals surface area (Å²) in [5.41, 5.74) is 1.01. The summed E-state index contributed by atoms with van der Waals surface area (Å²) >= 11 is 2.89.